The Balaban J connectivity index is 2.59. The van der Waals surface area contributed by atoms with Crippen LogP contribution >= 0.6 is 0 Å². The van der Waals surface area contributed by atoms with E-state index in [4.69, 9.17) is 4.74 Å². The van der Waals surface area contributed by atoms with E-state index in [1.165, 1.54) is 19.9 Å². The minimum atomic E-state index is -4.25. The summed E-state index contributed by atoms with van der Waals surface area (Å²) in [6.45, 7) is 11.2. The molecule has 0 spiro atoms. The van der Waals surface area contributed by atoms with E-state index in [-0.39, 0.29) is 33.9 Å². The molecule has 11 nitrogen and oxygen atoms in total. The monoisotopic (exact) mass is 513 g/mol. The number of amides is 2. The van der Waals surface area contributed by atoms with E-state index in [0.717, 1.165) is 6.26 Å². The fraction of sp³-hybridized carbons (Fsp3) is 0.500. The van der Waals surface area contributed by atoms with E-state index >= 15 is 0 Å². The summed E-state index contributed by atoms with van der Waals surface area (Å²) in [5.74, 6) is -1.77. The van der Waals surface area contributed by atoms with Gasteiger partial charge in [0, 0.05) is 18.8 Å². The molecule has 1 saturated heterocycles. The number of hydrazine groups is 1. The SMILES string of the molecule is C=C1C(=O)N(N(C(O)OCC)S(C)(=O)=O)CC(=O)NC1=CC(=C(C)c1ccnn1C(C)C)C(C)F. The van der Waals surface area contributed by atoms with Crippen molar-refractivity contribution in [3.8, 4) is 0 Å². The first kappa shape index (κ1) is 28.4. The molecule has 1 aliphatic heterocycles. The van der Waals surface area contributed by atoms with Crippen molar-refractivity contribution in [2.24, 2.45) is 0 Å². The number of sulfonamides is 1. The number of allylic oxidation sites excluding steroid dienone is 3. The lowest BCUT2D eigenvalue weighted by atomic mass is 9.99. The van der Waals surface area contributed by atoms with Gasteiger partial charge in [-0.2, -0.15) is 5.10 Å². The first-order valence-electron chi connectivity index (χ1n) is 10.9. The predicted octanol–water partition coefficient (Wildman–Crippen LogP) is 1.48. The fourth-order valence-electron chi connectivity index (χ4n) is 3.55. The highest BCUT2D eigenvalue weighted by Gasteiger charge is 2.40. The Morgan fingerprint density at radius 2 is 2.03 bits per heavy atom. The number of alkyl halides is 1. The van der Waals surface area contributed by atoms with Gasteiger partial charge in [-0.3, -0.25) is 14.3 Å². The van der Waals surface area contributed by atoms with Crippen LogP contribution in [0, 0.1) is 0 Å². The molecule has 0 aromatic carbocycles. The molecule has 0 bridgehead atoms. The third-order valence-corrected chi connectivity index (χ3v) is 6.23. The van der Waals surface area contributed by atoms with Crippen molar-refractivity contribution in [2.45, 2.75) is 53.2 Å². The molecule has 2 atom stereocenters. The van der Waals surface area contributed by atoms with E-state index in [1.807, 2.05) is 13.8 Å². The Hall–Kier alpha value is -2.87. The van der Waals surface area contributed by atoms with Gasteiger partial charge in [-0.15, -0.1) is 0 Å². The first-order chi connectivity index (χ1) is 16.2. The molecule has 0 radical (unpaired) electrons. The summed E-state index contributed by atoms with van der Waals surface area (Å²) >= 11 is 0. The molecule has 2 rings (SSSR count). The van der Waals surface area contributed by atoms with E-state index in [9.17, 15) is 27.5 Å². The van der Waals surface area contributed by atoms with Gasteiger partial charge in [-0.25, -0.2) is 17.8 Å². The minimum absolute atomic E-state index is 0.000183. The molecule has 2 amide bonds. The van der Waals surface area contributed by atoms with Crippen LogP contribution in [0.5, 0.6) is 0 Å². The second kappa shape index (κ2) is 11.2. The quantitative estimate of drug-likeness (QED) is 0.377. The van der Waals surface area contributed by atoms with Gasteiger partial charge in [0.1, 0.15) is 12.7 Å². The van der Waals surface area contributed by atoms with Crippen LogP contribution in [0.4, 0.5) is 4.39 Å². The summed E-state index contributed by atoms with van der Waals surface area (Å²) in [6.07, 6.45) is 0.0826. The average molecular weight is 514 g/mol. The summed E-state index contributed by atoms with van der Waals surface area (Å²) in [7, 11) is -4.25. The van der Waals surface area contributed by atoms with Crippen molar-refractivity contribution in [1.82, 2.24) is 24.5 Å². The zero-order valence-corrected chi connectivity index (χ0v) is 21.5. The lowest BCUT2D eigenvalue weighted by Gasteiger charge is -2.33. The molecule has 2 unspecified atom stereocenters. The number of aliphatic hydroxyl groups excluding tert-OH is 1. The maximum absolute atomic E-state index is 14.8. The van der Waals surface area contributed by atoms with Crippen molar-refractivity contribution < 1.29 is 32.2 Å². The topological polar surface area (TPSA) is 134 Å². The van der Waals surface area contributed by atoms with E-state index in [1.54, 1.807) is 23.9 Å². The summed E-state index contributed by atoms with van der Waals surface area (Å²) in [6, 6.07) is 1.73. The van der Waals surface area contributed by atoms with Crippen LogP contribution in [0.25, 0.3) is 5.57 Å². The number of carbonyl (C=O) groups is 2. The van der Waals surface area contributed by atoms with Crippen LogP contribution in [0.1, 0.15) is 46.4 Å². The van der Waals surface area contributed by atoms with Gasteiger partial charge in [-0.1, -0.05) is 11.0 Å². The van der Waals surface area contributed by atoms with Crippen molar-refractivity contribution >= 4 is 27.4 Å². The fourth-order valence-corrected chi connectivity index (χ4v) is 4.43. The lowest BCUT2D eigenvalue weighted by molar-refractivity contribution is -0.215. The molecule has 2 N–H and O–H groups in total. The maximum Gasteiger partial charge on any atom is 0.271 e. The molecular formula is C22H32FN5O6S. The summed E-state index contributed by atoms with van der Waals surface area (Å²) in [5, 5.41) is 17.5. The molecule has 1 fully saturated rings. The second-order valence-corrected chi connectivity index (χ2v) is 10.1. The van der Waals surface area contributed by atoms with Crippen molar-refractivity contribution in [1.29, 1.82) is 0 Å². The standard InChI is InChI=1S/C22H32FN5O6S/c1-8-34-22(31)28(35(7,32)33)26-12-20(29)25-18(15(5)21(26)30)11-17(16(6)23)14(4)19-9-10-24-27(19)13(2)3/h9-11,13,16,22,31H,5,8,12H2,1-4,6-7H3,(H,25,29). The molecule has 0 aliphatic carbocycles. The van der Waals surface area contributed by atoms with Crippen LogP contribution in [-0.2, 0) is 24.3 Å². The Morgan fingerprint density at radius 3 is 2.54 bits per heavy atom. The maximum atomic E-state index is 14.8. The highest BCUT2D eigenvalue weighted by molar-refractivity contribution is 7.88. The number of rotatable bonds is 9. The van der Waals surface area contributed by atoms with Gasteiger partial charge < -0.3 is 15.2 Å². The number of hydrogen-bond acceptors (Lipinski definition) is 7. The summed E-state index contributed by atoms with van der Waals surface area (Å²) in [4.78, 5) is 25.8. The number of aliphatic hydroxyl groups is 1. The predicted molar refractivity (Wildman–Crippen MR) is 127 cm³/mol. The highest BCUT2D eigenvalue weighted by atomic mass is 32.2. The average Bonchev–Trinajstić information content (AvgIpc) is 3.20. The van der Waals surface area contributed by atoms with Gasteiger partial charge >= 0.3 is 0 Å². The Kier molecular flexibility index (Phi) is 9.11. The van der Waals surface area contributed by atoms with Crippen molar-refractivity contribution in [2.75, 3.05) is 19.4 Å². The first-order valence-corrected chi connectivity index (χ1v) is 12.8. The zero-order chi connectivity index (χ0) is 26.7. The number of ether oxygens (including phenoxy) is 1. The second-order valence-electron chi connectivity index (χ2n) is 8.22. The third kappa shape index (κ3) is 6.42. The highest BCUT2D eigenvalue weighted by Crippen LogP contribution is 2.28. The smallest absolute Gasteiger partial charge is 0.271 e. The zero-order valence-electron chi connectivity index (χ0n) is 20.6. The molecule has 0 saturated carbocycles. The number of hydrogen-bond donors (Lipinski definition) is 2. The third-order valence-electron chi connectivity index (χ3n) is 5.17. The number of nitrogens with zero attached hydrogens (tertiary/aromatic N) is 4. The molecule has 1 aromatic heterocycles. The Labute approximate surface area is 204 Å². The van der Waals surface area contributed by atoms with Crippen LogP contribution in [-0.4, -0.2) is 76.5 Å². The van der Waals surface area contributed by atoms with Gasteiger partial charge in [-0.05, 0) is 57.9 Å². The van der Waals surface area contributed by atoms with Gasteiger partial charge in [0.15, 0.2) is 0 Å². The van der Waals surface area contributed by atoms with Crippen LogP contribution in [0.3, 0.4) is 0 Å². The summed E-state index contributed by atoms with van der Waals surface area (Å²) < 4.78 is 46.3. The normalized spacial score (nSPS) is 19.2. The van der Waals surface area contributed by atoms with Crippen LogP contribution < -0.4 is 5.32 Å². The number of halogens is 1. The van der Waals surface area contributed by atoms with Crippen LogP contribution in [0.2, 0.25) is 0 Å². The Bertz CT molecular complexity index is 1150. The van der Waals surface area contributed by atoms with E-state index in [0.29, 0.717) is 16.3 Å². The molecule has 1 aliphatic rings. The van der Waals surface area contributed by atoms with E-state index in [2.05, 4.69) is 17.0 Å². The van der Waals surface area contributed by atoms with E-state index < -0.39 is 41.0 Å². The molecule has 35 heavy (non-hydrogen) atoms. The Morgan fingerprint density at radius 1 is 1.40 bits per heavy atom. The number of nitrogens with one attached hydrogen (secondary N) is 1. The molecule has 2 heterocycles. The molecular weight excluding hydrogens is 481 g/mol. The largest absolute Gasteiger partial charge is 0.354 e. The number of carbonyl (C=O) groups excluding carboxylic acids is 2. The molecule has 194 valence electrons. The molecule has 13 heteroatoms. The summed E-state index contributed by atoms with van der Waals surface area (Å²) in [5.41, 5.74) is 0.934. The van der Waals surface area contributed by atoms with Crippen LogP contribution in [0.15, 0.2) is 41.8 Å². The minimum Gasteiger partial charge on any atom is -0.354 e. The van der Waals surface area contributed by atoms with Crippen molar-refractivity contribution in [3.63, 3.8) is 0 Å². The lowest BCUT2D eigenvalue weighted by Crippen LogP contribution is -2.56. The van der Waals surface area contributed by atoms with Crippen molar-refractivity contribution in [3.05, 3.63) is 47.5 Å². The number of aromatic nitrogens is 2. The van der Waals surface area contributed by atoms with Gasteiger partial charge in [0.05, 0.1) is 23.2 Å². The van der Waals surface area contributed by atoms with Gasteiger partial charge in [0.2, 0.25) is 22.3 Å². The molecule has 1 aromatic rings. The van der Waals surface area contributed by atoms with Gasteiger partial charge in [0.25, 0.3) is 5.91 Å².